The van der Waals surface area contributed by atoms with E-state index in [0.717, 1.165) is 6.07 Å². The number of halogens is 3. The van der Waals surface area contributed by atoms with Crippen LogP contribution in [0.4, 0.5) is 18.0 Å². The first-order chi connectivity index (χ1) is 11.2. The number of nitrogens with two attached hydrogens (primary N) is 1. The van der Waals surface area contributed by atoms with Gasteiger partial charge in [0.05, 0.1) is 18.7 Å². The normalized spacial score (nSPS) is 19.7. The molecule has 0 aliphatic carbocycles. The number of rotatable bonds is 3. The molecule has 24 heavy (non-hydrogen) atoms. The molecule has 0 radical (unpaired) electrons. The average molecular weight is 345 g/mol. The number of carbonyl (C=O) groups excluding carboxylic acids is 2. The predicted molar refractivity (Wildman–Crippen MR) is 78.9 cm³/mol. The van der Waals surface area contributed by atoms with Gasteiger partial charge in [0.2, 0.25) is 5.91 Å². The second-order valence-corrected chi connectivity index (χ2v) is 5.46. The molecule has 1 saturated heterocycles. The summed E-state index contributed by atoms with van der Waals surface area (Å²) in [4.78, 5) is 24.5. The number of carbonyl (C=O) groups is 2. The zero-order chi connectivity index (χ0) is 17.9. The van der Waals surface area contributed by atoms with Gasteiger partial charge in [0.1, 0.15) is 12.1 Å². The number of amides is 3. The second kappa shape index (κ2) is 7.08. The van der Waals surface area contributed by atoms with Crippen LogP contribution in [0.1, 0.15) is 24.2 Å². The molecule has 9 heteroatoms. The maximum atomic E-state index is 13.1. The van der Waals surface area contributed by atoms with Crippen molar-refractivity contribution in [2.75, 3.05) is 19.7 Å². The molecular weight excluding hydrogens is 327 g/mol. The van der Waals surface area contributed by atoms with Crippen LogP contribution in [0, 0.1) is 0 Å². The topological polar surface area (TPSA) is 84.7 Å². The van der Waals surface area contributed by atoms with Gasteiger partial charge in [0.25, 0.3) is 0 Å². The van der Waals surface area contributed by atoms with Crippen molar-refractivity contribution in [1.29, 1.82) is 0 Å². The average Bonchev–Trinajstić information content (AvgIpc) is 2.53. The van der Waals surface area contributed by atoms with Gasteiger partial charge in [-0.25, -0.2) is 4.79 Å². The van der Waals surface area contributed by atoms with E-state index in [-0.39, 0.29) is 25.3 Å². The van der Waals surface area contributed by atoms with Crippen LogP contribution in [-0.2, 0) is 15.7 Å². The summed E-state index contributed by atoms with van der Waals surface area (Å²) in [5.74, 6) is -0.424. The molecule has 1 aromatic carbocycles. The van der Waals surface area contributed by atoms with E-state index in [1.807, 2.05) is 0 Å². The van der Waals surface area contributed by atoms with E-state index >= 15 is 0 Å². The monoisotopic (exact) mass is 345 g/mol. The third-order valence-electron chi connectivity index (χ3n) is 3.72. The lowest BCUT2D eigenvalue weighted by Gasteiger charge is -2.35. The fraction of sp³-hybridized carbons (Fsp3) is 0.467. The highest BCUT2D eigenvalue weighted by atomic mass is 19.4. The third kappa shape index (κ3) is 4.16. The van der Waals surface area contributed by atoms with E-state index in [4.69, 9.17) is 10.5 Å². The SMILES string of the molecule is CC(NC(N)=O)C(=O)N1CCOC(c2ccccc2C(F)(F)F)C1. The number of benzene rings is 1. The lowest BCUT2D eigenvalue weighted by molar-refractivity contribution is -0.144. The Balaban J connectivity index is 2.17. The molecular formula is C15H18F3N3O3. The van der Waals surface area contributed by atoms with Gasteiger partial charge in [-0.15, -0.1) is 0 Å². The van der Waals surface area contributed by atoms with Crippen LogP contribution < -0.4 is 11.1 Å². The van der Waals surface area contributed by atoms with Gasteiger partial charge in [-0.2, -0.15) is 13.2 Å². The lowest BCUT2D eigenvalue weighted by Crippen LogP contribution is -2.52. The van der Waals surface area contributed by atoms with E-state index in [9.17, 15) is 22.8 Å². The van der Waals surface area contributed by atoms with Crippen molar-refractivity contribution in [2.45, 2.75) is 25.2 Å². The molecule has 0 saturated carbocycles. The molecule has 2 atom stereocenters. The Morgan fingerprint density at radius 3 is 2.67 bits per heavy atom. The standard InChI is InChI=1S/C15H18F3N3O3/c1-9(20-14(19)23)13(22)21-6-7-24-12(8-21)10-4-2-3-5-11(10)15(16,17)18/h2-5,9,12H,6-8H2,1H3,(H3,19,20,23). The smallest absolute Gasteiger partial charge is 0.370 e. The minimum Gasteiger partial charge on any atom is -0.370 e. The highest BCUT2D eigenvalue weighted by Crippen LogP contribution is 2.36. The maximum absolute atomic E-state index is 13.1. The summed E-state index contributed by atoms with van der Waals surface area (Å²) in [6.07, 6.45) is -5.39. The summed E-state index contributed by atoms with van der Waals surface area (Å²) in [5, 5.41) is 2.26. The molecule has 1 heterocycles. The van der Waals surface area contributed by atoms with Crippen LogP contribution in [-0.4, -0.2) is 42.6 Å². The van der Waals surface area contributed by atoms with Crippen LogP contribution in [0.25, 0.3) is 0 Å². The summed E-state index contributed by atoms with van der Waals surface area (Å²) in [6.45, 7) is 1.76. The van der Waals surface area contributed by atoms with Crippen LogP contribution in [0.5, 0.6) is 0 Å². The van der Waals surface area contributed by atoms with E-state index in [1.54, 1.807) is 0 Å². The fourth-order valence-corrected chi connectivity index (χ4v) is 2.62. The van der Waals surface area contributed by atoms with Crippen molar-refractivity contribution in [2.24, 2.45) is 5.73 Å². The maximum Gasteiger partial charge on any atom is 0.416 e. The minimum atomic E-state index is -4.51. The molecule has 2 rings (SSSR count). The lowest BCUT2D eigenvalue weighted by atomic mass is 10.0. The summed E-state index contributed by atoms with van der Waals surface area (Å²) in [7, 11) is 0. The zero-order valence-electron chi connectivity index (χ0n) is 13.0. The Morgan fingerprint density at radius 2 is 2.04 bits per heavy atom. The van der Waals surface area contributed by atoms with Gasteiger partial charge in [-0.05, 0) is 18.6 Å². The van der Waals surface area contributed by atoms with Crippen molar-refractivity contribution < 1.29 is 27.5 Å². The number of primary amides is 1. The summed E-state index contributed by atoms with van der Waals surface area (Å²) >= 11 is 0. The van der Waals surface area contributed by atoms with Crippen LogP contribution >= 0.6 is 0 Å². The molecule has 3 N–H and O–H groups in total. The number of nitrogens with zero attached hydrogens (tertiary/aromatic N) is 1. The molecule has 6 nitrogen and oxygen atoms in total. The summed E-state index contributed by atoms with van der Waals surface area (Å²) in [5.41, 5.74) is 4.18. The first kappa shape index (κ1) is 18.1. The molecule has 1 aliphatic heterocycles. The van der Waals surface area contributed by atoms with E-state index < -0.39 is 35.8 Å². The van der Waals surface area contributed by atoms with Crippen molar-refractivity contribution in [3.63, 3.8) is 0 Å². The number of ether oxygens (including phenoxy) is 1. The summed E-state index contributed by atoms with van der Waals surface area (Å²) in [6, 6.07) is 3.41. The van der Waals surface area contributed by atoms with Gasteiger partial charge in [-0.3, -0.25) is 4.79 Å². The number of hydrogen-bond donors (Lipinski definition) is 2. The molecule has 1 aromatic rings. The zero-order valence-corrected chi connectivity index (χ0v) is 13.0. The number of alkyl halides is 3. The number of morpholine rings is 1. The molecule has 2 unspecified atom stereocenters. The largest absolute Gasteiger partial charge is 0.416 e. The quantitative estimate of drug-likeness (QED) is 0.874. The Morgan fingerprint density at radius 1 is 1.38 bits per heavy atom. The van der Waals surface area contributed by atoms with Crippen LogP contribution in [0.2, 0.25) is 0 Å². The van der Waals surface area contributed by atoms with Gasteiger partial charge in [-0.1, -0.05) is 18.2 Å². The molecule has 1 aliphatic rings. The van der Waals surface area contributed by atoms with Crippen molar-refractivity contribution >= 4 is 11.9 Å². The highest BCUT2D eigenvalue weighted by Gasteiger charge is 2.37. The first-order valence-corrected chi connectivity index (χ1v) is 7.32. The van der Waals surface area contributed by atoms with E-state index in [2.05, 4.69) is 5.32 Å². The Kier molecular flexibility index (Phi) is 5.33. The summed E-state index contributed by atoms with van der Waals surface area (Å²) < 4.78 is 44.8. The van der Waals surface area contributed by atoms with Crippen LogP contribution in [0.3, 0.4) is 0 Å². The number of hydrogen-bond acceptors (Lipinski definition) is 3. The molecule has 0 aromatic heterocycles. The molecule has 0 bridgehead atoms. The first-order valence-electron chi connectivity index (χ1n) is 7.32. The van der Waals surface area contributed by atoms with Gasteiger partial charge >= 0.3 is 12.2 Å². The molecule has 0 spiro atoms. The predicted octanol–water partition coefficient (Wildman–Crippen LogP) is 1.66. The molecule has 1 fully saturated rings. The second-order valence-electron chi connectivity index (χ2n) is 5.46. The fourth-order valence-electron chi connectivity index (χ4n) is 2.62. The number of urea groups is 1. The third-order valence-corrected chi connectivity index (χ3v) is 3.72. The van der Waals surface area contributed by atoms with Gasteiger partial charge in [0, 0.05) is 6.54 Å². The highest BCUT2D eigenvalue weighted by molar-refractivity contribution is 5.86. The minimum absolute atomic E-state index is 0.0157. The molecule has 3 amide bonds. The molecule has 132 valence electrons. The van der Waals surface area contributed by atoms with Crippen LogP contribution in [0.15, 0.2) is 24.3 Å². The Hall–Kier alpha value is -2.29. The van der Waals surface area contributed by atoms with E-state index in [0.29, 0.717) is 0 Å². The van der Waals surface area contributed by atoms with Crippen molar-refractivity contribution in [3.05, 3.63) is 35.4 Å². The van der Waals surface area contributed by atoms with Gasteiger partial charge in [0.15, 0.2) is 0 Å². The van der Waals surface area contributed by atoms with Crippen molar-refractivity contribution in [1.82, 2.24) is 10.2 Å². The Labute approximate surface area is 136 Å². The number of nitrogens with one attached hydrogen (secondary N) is 1. The van der Waals surface area contributed by atoms with Gasteiger partial charge < -0.3 is 20.7 Å². The van der Waals surface area contributed by atoms with E-state index in [1.165, 1.54) is 30.0 Å². The van der Waals surface area contributed by atoms with Crippen molar-refractivity contribution in [3.8, 4) is 0 Å². The Bertz CT molecular complexity index is 621.